The average molecular weight is 282 g/mol. The molecule has 2 rings (SSSR count). The van der Waals surface area contributed by atoms with Crippen molar-refractivity contribution in [3.8, 4) is 5.75 Å². The lowest BCUT2D eigenvalue weighted by Crippen LogP contribution is -2.07. The molecule has 21 heavy (non-hydrogen) atoms. The first kappa shape index (κ1) is 15.0. The summed E-state index contributed by atoms with van der Waals surface area (Å²) >= 11 is 0. The molecular formula is C18H18O3. The lowest BCUT2D eigenvalue weighted by Gasteiger charge is -2.08. The van der Waals surface area contributed by atoms with Crippen LogP contribution in [0.1, 0.15) is 24.5 Å². The van der Waals surface area contributed by atoms with Crippen LogP contribution in [0.2, 0.25) is 0 Å². The van der Waals surface area contributed by atoms with Crippen molar-refractivity contribution in [1.29, 1.82) is 0 Å². The number of rotatable bonds is 7. The zero-order valence-corrected chi connectivity index (χ0v) is 12.0. The molecule has 0 spiro atoms. The molecule has 0 atom stereocenters. The van der Waals surface area contributed by atoms with Gasteiger partial charge < -0.3 is 4.74 Å². The highest BCUT2D eigenvalue weighted by Gasteiger charge is 2.07. The monoisotopic (exact) mass is 282 g/mol. The second-order valence-electron chi connectivity index (χ2n) is 5.02. The van der Waals surface area contributed by atoms with Crippen LogP contribution in [0.25, 0.3) is 0 Å². The topological polar surface area (TPSA) is 43.4 Å². The van der Waals surface area contributed by atoms with Crippen LogP contribution in [0.5, 0.6) is 5.75 Å². The second-order valence-corrected chi connectivity index (χ2v) is 5.02. The number of hydrogen-bond acceptors (Lipinski definition) is 3. The van der Waals surface area contributed by atoms with Crippen molar-refractivity contribution in [2.24, 2.45) is 0 Å². The van der Waals surface area contributed by atoms with Crippen molar-refractivity contribution < 1.29 is 14.3 Å². The molecule has 0 aromatic heterocycles. The quantitative estimate of drug-likeness (QED) is 0.731. The zero-order chi connectivity index (χ0) is 15.1. The van der Waals surface area contributed by atoms with Gasteiger partial charge in [0.05, 0.1) is 6.42 Å². The molecule has 108 valence electrons. The maximum Gasteiger partial charge on any atom is 0.144 e. The summed E-state index contributed by atoms with van der Waals surface area (Å²) in [6.45, 7) is 1.92. The Kier molecular flexibility index (Phi) is 5.27. The van der Waals surface area contributed by atoms with Crippen molar-refractivity contribution in [2.45, 2.75) is 26.4 Å². The SMILES string of the molecule is CC(=O)CC(=O)Cc1cccc(OCc2ccccc2)c1. The minimum absolute atomic E-state index is 0.00486. The molecule has 2 aromatic rings. The average Bonchev–Trinajstić information content (AvgIpc) is 2.46. The molecule has 0 fully saturated rings. The number of hydrogen-bond donors (Lipinski definition) is 0. The Hall–Kier alpha value is -2.42. The highest BCUT2D eigenvalue weighted by atomic mass is 16.5. The van der Waals surface area contributed by atoms with Crippen LogP contribution in [0.3, 0.4) is 0 Å². The van der Waals surface area contributed by atoms with Gasteiger partial charge in [-0.15, -0.1) is 0 Å². The van der Waals surface area contributed by atoms with Gasteiger partial charge in [-0.25, -0.2) is 0 Å². The number of Topliss-reactive ketones (excluding diaryl/α,β-unsaturated/α-hetero) is 2. The summed E-state index contributed by atoms with van der Waals surface area (Å²) in [6.07, 6.45) is 0.261. The molecule has 0 heterocycles. The fourth-order valence-electron chi connectivity index (χ4n) is 2.05. The largest absolute Gasteiger partial charge is 0.489 e. The molecule has 3 heteroatoms. The molecule has 0 aliphatic heterocycles. The third kappa shape index (κ3) is 5.22. The van der Waals surface area contributed by atoms with Gasteiger partial charge in [-0.1, -0.05) is 42.5 Å². The van der Waals surface area contributed by atoms with Gasteiger partial charge in [0.2, 0.25) is 0 Å². The number of ketones is 2. The van der Waals surface area contributed by atoms with Crippen LogP contribution in [0.15, 0.2) is 54.6 Å². The van der Waals surface area contributed by atoms with Gasteiger partial charge in [0.15, 0.2) is 0 Å². The summed E-state index contributed by atoms with van der Waals surface area (Å²) in [5.74, 6) is 0.561. The first-order valence-electron chi connectivity index (χ1n) is 6.90. The van der Waals surface area contributed by atoms with Crippen molar-refractivity contribution in [1.82, 2.24) is 0 Å². The standard InChI is InChI=1S/C18H18O3/c1-14(19)10-17(20)11-16-8-5-9-18(12-16)21-13-15-6-3-2-4-7-15/h2-9,12H,10-11,13H2,1H3. The zero-order valence-electron chi connectivity index (χ0n) is 12.0. The lowest BCUT2D eigenvalue weighted by atomic mass is 10.1. The molecule has 0 radical (unpaired) electrons. The fraction of sp³-hybridized carbons (Fsp3) is 0.222. The van der Waals surface area contributed by atoms with Gasteiger partial charge in [-0.2, -0.15) is 0 Å². The van der Waals surface area contributed by atoms with E-state index in [1.807, 2.05) is 54.6 Å². The van der Waals surface area contributed by atoms with E-state index in [0.29, 0.717) is 6.61 Å². The molecule has 0 saturated heterocycles. The normalized spacial score (nSPS) is 10.1. The smallest absolute Gasteiger partial charge is 0.144 e. The van der Waals surface area contributed by atoms with E-state index < -0.39 is 0 Å². The number of ether oxygens (including phenoxy) is 1. The molecule has 0 aliphatic rings. The van der Waals surface area contributed by atoms with E-state index in [1.165, 1.54) is 6.92 Å². The predicted molar refractivity (Wildman–Crippen MR) is 81.2 cm³/mol. The first-order chi connectivity index (χ1) is 10.1. The van der Waals surface area contributed by atoms with E-state index in [4.69, 9.17) is 4.74 Å². The van der Waals surface area contributed by atoms with E-state index in [0.717, 1.165) is 16.9 Å². The van der Waals surface area contributed by atoms with Gasteiger partial charge in [-0.3, -0.25) is 9.59 Å². The highest BCUT2D eigenvalue weighted by Crippen LogP contribution is 2.16. The number of benzene rings is 2. The van der Waals surface area contributed by atoms with Crippen molar-refractivity contribution in [3.63, 3.8) is 0 Å². The fourth-order valence-corrected chi connectivity index (χ4v) is 2.05. The Labute approximate surface area is 124 Å². The van der Waals surface area contributed by atoms with Crippen LogP contribution in [-0.2, 0) is 22.6 Å². The number of carbonyl (C=O) groups excluding carboxylic acids is 2. The second kappa shape index (κ2) is 7.39. The van der Waals surface area contributed by atoms with Crippen LogP contribution in [0, 0.1) is 0 Å². The van der Waals surface area contributed by atoms with Crippen molar-refractivity contribution in [3.05, 3.63) is 65.7 Å². The third-order valence-electron chi connectivity index (χ3n) is 2.99. The van der Waals surface area contributed by atoms with Gasteiger partial charge in [-0.05, 0) is 30.2 Å². The van der Waals surface area contributed by atoms with Gasteiger partial charge in [0, 0.05) is 6.42 Å². The molecule has 0 aliphatic carbocycles. The predicted octanol–water partition coefficient (Wildman–Crippen LogP) is 3.36. The molecule has 0 unspecified atom stereocenters. The van der Waals surface area contributed by atoms with E-state index in [9.17, 15) is 9.59 Å². The summed E-state index contributed by atoms with van der Waals surface area (Å²) in [5, 5.41) is 0. The first-order valence-corrected chi connectivity index (χ1v) is 6.90. The summed E-state index contributed by atoms with van der Waals surface area (Å²) in [4.78, 5) is 22.6. The summed E-state index contributed by atoms with van der Waals surface area (Å²) in [5.41, 5.74) is 1.96. The van der Waals surface area contributed by atoms with Crippen LogP contribution in [-0.4, -0.2) is 11.6 Å². The Morgan fingerprint density at radius 3 is 2.38 bits per heavy atom. The molecule has 0 saturated carbocycles. The number of carbonyl (C=O) groups is 2. The van der Waals surface area contributed by atoms with Crippen LogP contribution >= 0.6 is 0 Å². The van der Waals surface area contributed by atoms with E-state index in [2.05, 4.69) is 0 Å². The Morgan fingerprint density at radius 2 is 1.67 bits per heavy atom. The van der Waals surface area contributed by atoms with Crippen molar-refractivity contribution >= 4 is 11.6 Å². The Balaban J connectivity index is 1.94. The maximum atomic E-state index is 11.7. The maximum absolute atomic E-state index is 11.7. The van der Waals surface area contributed by atoms with E-state index in [1.54, 1.807) is 0 Å². The van der Waals surface area contributed by atoms with Gasteiger partial charge in [0.1, 0.15) is 23.9 Å². The van der Waals surface area contributed by atoms with Gasteiger partial charge >= 0.3 is 0 Å². The molecule has 2 aromatic carbocycles. The molecular weight excluding hydrogens is 264 g/mol. The minimum atomic E-state index is -0.100. The van der Waals surface area contributed by atoms with E-state index in [-0.39, 0.29) is 24.4 Å². The molecule has 0 amide bonds. The molecule has 0 N–H and O–H groups in total. The minimum Gasteiger partial charge on any atom is -0.489 e. The lowest BCUT2D eigenvalue weighted by molar-refractivity contribution is -0.125. The van der Waals surface area contributed by atoms with E-state index >= 15 is 0 Å². The Bertz CT molecular complexity index is 617. The van der Waals surface area contributed by atoms with Crippen LogP contribution in [0.4, 0.5) is 0 Å². The summed E-state index contributed by atoms with van der Waals surface area (Å²) in [6, 6.07) is 17.3. The van der Waals surface area contributed by atoms with Crippen molar-refractivity contribution in [2.75, 3.05) is 0 Å². The molecule has 0 bridgehead atoms. The summed E-state index contributed by atoms with van der Waals surface area (Å²) in [7, 11) is 0. The molecule has 3 nitrogen and oxygen atoms in total. The van der Waals surface area contributed by atoms with Gasteiger partial charge in [0.25, 0.3) is 0 Å². The van der Waals surface area contributed by atoms with Crippen LogP contribution < -0.4 is 4.74 Å². The summed E-state index contributed by atoms with van der Waals surface area (Å²) < 4.78 is 5.72. The highest BCUT2D eigenvalue weighted by molar-refractivity contribution is 5.98. The Morgan fingerprint density at radius 1 is 0.952 bits per heavy atom. The third-order valence-corrected chi connectivity index (χ3v) is 2.99.